The normalized spacial score (nSPS) is 27.3. The van der Waals surface area contributed by atoms with Crippen molar-refractivity contribution in [1.29, 1.82) is 0 Å². The highest BCUT2D eigenvalue weighted by atomic mass is 16.5. The molecule has 102 valence electrons. The van der Waals surface area contributed by atoms with E-state index in [4.69, 9.17) is 4.74 Å². The van der Waals surface area contributed by atoms with E-state index >= 15 is 0 Å². The molecule has 4 heteroatoms. The summed E-state index contributed by atoms with van der Waals surface area (Å²) in [5.41, 5.74) is 3.50. The quantitative estimate of drug-likeness (QED) is 0.834. The van der Waals surface area contributed by atoms with E-state index in [-0.39, 0.29) is 12.0 Å². The lowest BCUT2D eigenvalue weighted by Crippen LogP contribution is -2.40. The summed E-state index contributed by atoms with van der Waals surface area (Å²) in [5.74, 6) is 0.199. The third kappa shape index (κ3) is 2.38. The predicted octanol–water partition coefficient (Wildman–Crippen LogP) is 1.64. The minimum atomic E-state index is 0.129. The van der Waals surface area contributed by atoms with Crippen molar-refractivity contribution < 1.29 is 9.53 Å². The number of aryl methyl sites for hydroxylation is 1. The molecule has 2 aliphatic heterocycles. The smallest absolute Gasteiger partial charge is 0.227 e. The van der Waals surface area contributed by atoms with Crippen molar-refractivity contribution in [2.75, 3.05) is 25.1 Å². The number of nitrogens with one attached hydrogen (secondary N) is 1. The molecule has 2 heterocycles. The number of carbonyl (C=O) groups is 1. The largest absolute Gasteiger partial charge is 0.371 e. The number of morpholine rings is 1. The van der Waals surface area contributed by atoms with Crippen LogP contribution in [0.25, 0.3) is 0 Å². The summed E-state index contributed by atoms with van der Waals surface area (Å²) < 4.78 is 5.87. The number of ether oxygens (including phenoxy) is 1. The Hall–Kier alpha value is -1.39. The number of fused-ring (bicyclic) bond motifs is 1. The number of carbonyl (C=O) groups excluding carboxylic acids is 1. The summed E-state index contributed by atoms with van der Waals surface area (Å²) in [4.78, 5) is 13.4. The lowest BCUT2D eigenvalue weighted by Gasteiger charge is -2.30. The molecule has 3 rings (SSSR count). The molecule has 2 atom stereocenters. The van der Waals surface area contributed by atoms with Gasteiger partial charge in [0.1, 0.15) is 0 Å². The molecule has 0 bridgehead atoms. The van der Waals surface area contributed by atoms with Gasteiger partial charge in [0.2, 0.25) is 5.91 Å². The van der Waals surface area contributed by atoms with Crippen LogP contribution in [-0.2, 0) is 16.0 Å². The third-order valence-corrected chi connectivity index (χ3v) is 4.02. The van der Waals surface area contributed by atoms with Crippen LogP contribution in [0.2, 0.25) is 0 Å². The Morgan fingerprint density at radius 2 is 2.21 bits per heavy atom. The number of hydrogen-bond acceptors (Lipinski definition) is 3. The van der Waals surface area contributed by atoms with Crippen LogP contribution in [0.1, 0.15) is 30.6 Å². The fourth-order valence-electron chi connectivity index (χ4n) is 2.78. The molecule has 4 nitrogen and oxygen atoms in total. The summed E-state index contributed by atoms with van der Waals surface area (Å²) in [6, 6.07) is 6.75. The molecule has 1 amide bonds. The summed E-state index contributed by atoms with van der Waals surface area (Å²) in [7, 11) is 1.85. The van der Waals surface area contributed by atoms with Crippen LogP contribution in [0, 0.1) is 0 Å². The minimum Gasteiger partial charge on any atom is -0.371 e. The Morgan fingerprint density at radius 1 is 1.37 bits per heavy atom. The van der Waals surface area contributed by atoms with Crippen LogP contribution < -0.4 is 10.2 Å². The number of anilines is 1. The van der Waals surface area contributed by atoms with E-state index in [1.807, 2.05) is 13.1 Å². The second-order valence-electron chi connectivity index (χ2n) is 5.47. The maximum atomic E-state index is 11.7. The van der Waals surface area contributed by atoms with Crippen molar-refractivity contribution in [3.63, 3.8) is 0 Å². The van der Waals surface area contributed by atoms with Gasteiger partial charge in [-0.2, -0.15) is 0 Å². The van der Waals surface area contributed by atoms with Crippen LogP contribution in [0.4, 0.5) is 5.69 Å². The maximum absolute atomic E-state index is 11.7. The molecule has 1 fully saturated rings. The first-order valence-electron chi connectivity index (χ1n) is 6.89. The molecule has 1 saturated heterocycles. The second-order valence-corrected chi connectivity index (χ2v) is 5.47. The molecule has 1 N–H and O–H groups in total. The van der Waals surface area contributed by atoms with E-state index < -0.39 is 0 Å². The molecule has 2 aliphatic rings. The average Bonchev–Trinajstić information content (AvgIpc) is 2.43. The van der Waals surface area contributed by atoms with Crippen molar-refractivity contribution >= 4 is 11.6 Å². The van der Waals surface area contributed by atoms with Crippen LogP contribution >= 0.6 is 0 Å². The summed E-state index contributed by atoms with van der Waals surface area (Å²) in [5, 5.41) is 3.44. The lowest BCUT2D eigenvalue weighted by molar-refractivity contribution is -0.118. The molecular weight excluding hydrogens is 240 g/mol. The van der Waals surface area contributed by atoms with Crippen LogP contribution in [-0.4, -0.2) is 32.1 Å². The van der Waals surface area contributed by atoms with Gasteiger partial charge in [0.05, 0.1) is 12.7 Å². The lowest BCUT2D eigenvalue weighted by atomic mass is 9.96. The molecule has 0 radical (unpaired) electrons. The first-order valence-corrected chi connectivity index (χ1v) is 6.89. The molecule has 0 aliphatic carbocycles. The molecule has 0 saturated carbocycles. The van der Waals surface area contributed by atoms with Gasteiger partial charge in [0, 0.05) is 31.7 Å². The molecule has 1 aromatic rings. The Balaban J connectivity index is 1.84. The molecular formula is C15H20N2O2. The van der Waals surface area contributed by atoms with Crippen LogP contribution in [0.5, 0.6) is 0 Å². The van der Waals surface area contributed by atoms with Gasteiger partial charge < -0.3 is 15.0 Å². The third-order valence-electron chi connectivity index (χ3n) is 4.02. The van der Waals surface area contributed by atoms with Gasteiger partial charge in [-0.3, -0.25) is 4.79 Å². The van der Waals surface area contributed by atoms with Crippen LogP contribution in [0.3, 0.4) is 0 Å². The topological polar surface area (TPSA) is 41.6 Å². The Morgan fingerprint density at radius 3 is 2.95 bits per heavy atom. The monoisotopic (exact) mass is 260 g/mol. The SMILES string of the molecule is CC1COC(c2ccc3c(c2)CCC(=O)N3C)CN1. The number of hydrogen-bond donors (Lipinski definition) is 1. The minimum absolute atomic E-state index is 0.129. The van der Waals surface area contributed by atoms with E-state index in [0.717, 1.165) is 25.3 Å². The average molecular weight is 260 g/mol. The van der Waals surface area contributed by atoms with Gasteiger partial charge in [0.25, 0.3) is 0 Å². The highest BCUT2D eigenvalue weighted by Crippen LogP contribution is 2.30. The molecule has 19 heavy (non-hydrogen) atoms. The second kappa shape index (κ2) is 4.94. The maximum Gasteiger partial charge on any atom is 0.227 e. The van der Waals surface area contributed by atoms with Crippen molar-refractivity contribution in [1.82, 2.24) is 5.32 Å². The molecule has 2 unspecified atom stereocenters. The van der Waals surface area contributed by atoms with Crippen molar-refractivity contribution in [3.8, 4) is 0 Å². The number of amides is 1. The van der Waals surface area contributed by atoms with Crippen molar-refractivity contribution in [2.24, 2.45) is 0 Å². The van der Waals surface area contributed by atoms with Gasteiger partial charge in [-0.05, 0) is 30.5 Å². The van der Waals surface area contributed by atoms with Gasteiger partial charge in [-0.1, -0.05) is 12.1 Å². The van der Waals surface area contributed by atoms with Crippen molar-refractivity contribution in [2.45, 2.75) is 31.9 Å². The zero-order valence-corrected chi connectivity index (χ0v) is 11.5. The van der Waals surface area contributed by atoms with E-state index in [1.165, 1.54) is 11.1 Å². The summed E-state index contributed by atoms with van der Waals surface area (Å²) in [6.45, 7) is 3.73. The van der Waals surface area contributed by atoms with Crippen molar-refractivity contribution in [3.05, 3.63) is 29.3 Å². The first kappa shape index (κ1) is 12.6. The molecule has 0 spiro atoms. The highest BCUT2D eigenvalue weighted by molar-refractivity contribution is 5.95. The van der Waals surface area contributed by atoms with E-state index in [0.29, 0.717) is 12.5 Å². The standard InChI is InChI=1S/C15H20N2O2/c1-10-9-19-14(8-16-10)12-3-5-13-11(7-12)4-6-15(18)17(13)2/h3,5,7,10,14,16H,4,6,8-9H2,1-2H3. The summed E-state index contributed by atoms with van der Waals surface area (Å²) in [6.07, 6.45) is 1.57. The summed E-state index contributed by atoms with van der Waals surface area (Å²) >= 11 is 0. The molecule has 0 aromatic heterocycles. The van der Waals surface area contributed by atoms with Gasteiger partial charge in [-0.15, -0.1) is 0 Å². The van der Waals surface area contributed by atoms with E-state index in [2.05, 4.69) is 24.4 Å². The Labute approximate surface area is 113 Å². The number of benzene rings is 1. The fraction of sp³-hybridized carbons (Fsp3) is 0.533. The number of nitrogens with zero attached hydrogens (tertiary/aromatic N) is 1. The van der Waals surface area contributed by atoms with Crippen LogP contribution in [0.15, 0.2) is 18.2 Å². The zero-order valence-electron chi connectivity index (χ0n) is 11.5. The fourth-order valence-corrected chi connectivity index (χ4v) is 2.78. The highest BCUT2D eigenvalue weighted by Gasteiger charge is 2.24. The zero-order chi connectivity index (χ0) is 13.4. The van der Waals surface area contributed by atoms with Gasteiger partial charge >= 0.3 is 0 Å². The van der Waals surface area contributed by atoms with Gasteiger partial charge in [0.15, 0.2) is 0 Å². The Kier molecular flexibility index (Phi) is 3.29. The number of rotatable bonds is 1. The van der Waals surface area contributed by atoms with E-state index in [1.54, 1.807) is 4.90 Å². The Bertz CT molecular complexity index is 493. The predicted molar refractivity (Wildman–Crippen MR) is 74.3 cm³/mol. The van der Waals surface area contributed by atoms with Gasteiger partial charge in [-0.25, -0.2) is 0 Å². The molecule has 1 aromatic carbocycles. The first-order chi connectivity index (χ1) is 9.15. The van der Waals surface area contributed by atoms with E-state index in [9.17, 15) is 4.79 Å².